The van der Waals surface area contributed by atoms with Gasteiger partial charge in [0.25, 0.3) is 0 Å². The Balaban J connectivity index is 1.98. The second-order valence-electron chi connectivity index (χ2n) is 5.14. The van der Waals surface area contributed by atoms with E-state index in [4.69, 9.17) is 11.6 Å². The lowest BCUT2D eigenvalue weighted by Crippen LogP contribution is -2.17. The van der Waals surface area contributed by atoms with Crippen LogP contribution in [-0.4, -0.2) is 16.0 Å². The van der Waals surface area contributed by atoms with Crippen LogP contribution in [0.15, 0.2) is 41.5 Å². The molecule has 1 aliphatic rings. The fourth-order valence-electron chi connectivity index (χ4n) is 2.55. The van der Waals surface area contributed by atoms with Crippen molar-refractivity contribution < 1.29 is 13.2 Å². The number of hydrogen-bond acceptors (Lipinski definition) is 3. The van der Waals surface area contributed by atoms with Gasteiger partial charge in [0.15, 0.2) is 0 Å². The zero-order valence-electron chi connectivity index (χ0n) is 11.9. The van der Waals surface area contributed by atoms with Gasteiger partial charge in [-0.1, -0.05) is 11.6 Å². The van der Waals surface area contributed by atoms with Gasteiger partial charge in [0.1, 0.15) is 29.0 Å². The van der Waals surface area contributed by atoms with Crippen LogP contribution >= 0.6 is 11.6 Å². The molecule has 0 bridgehead atoms. The molecule has 0 saturated carbocycles. The van der Waals surface area contributed by atoms with Crippen molar-refractivity contribution in [3.05, 3.63) is 64.6 Å². The van der Waals surface area contributed by atoms with E-state index in [1.807, 2.05) is 0 Å². The van der Waals surface area contributed by atoms with Crippen molar-refractivity contribution >= 4 is 28.8 Å². The van der Waals surface area contributed by atoms with E-state index in [1.54, 1.807) is 18.2 Å². The maximum Gasteiger partial charge on any atom is 0.144 e. The summed E-state index contributed by atoms with van der Waals surface area (Å²) in [6.45, 7) is 0. The number of hydrogen-bond donors (Lipinski definition) is 2. The summed E-state index contributed by atoms with van der Waals surface area (Å²) >= 11 is 6.02. The first-order chi connectivity index (χ1) is 11.5. The minimum atomic E-state index is -1.05. The average Bonchev–Trinajstić information content (AvgIpc) is 2.90. The van der Waals surface area contributed by atoms with E-state index in [0.717, 1.165) is 0 Å². The van der Waals surface area contributed by atoms with E-state index in [1.165, 1.54) is 6.20 Å². The molecule has 4 rings (SSSR count). The summed E-state index contributed by atoms with van der Waals surface area (Å²) in [5.74, 6) is -3.20. The predicted molar refractivity (Wildman–Crippen MR) is 85.2 cm³/mol. The van der Waals surface area contributed by atoms with Gasteiger partial charge in [-0.15, -0.1) is 0 Å². The second kappa shape index (κ2) is 5.38. The molecule has 4 nitrogen and oxygen atoms in total. The van der Waals surface area contributed by atoms with Crippen LogP contribution in [0.4, 0.5) is 24.5 Å². The lowest BCUT2D eigenvalue weighted by atomic mass is 10.1. The molecule has 2 N–H and O–H groups in total. The van der Waals surface area contributed by atoms with Crippen LogP contribution in [-0.2, 0) is 0 Å². The van der Waals surface area contributed by atoms with E-state index >= 15 is 0 Å². The molecule has 0 amide bonds. The minimum absolute atomic E-state index is 0.0891. The predicted octanol–water partition coefficient (Wildman–Crippen LogP) is 4.65. The Morgan fingerprint density at radius 1 is 1.00 bits per heavy atom. The number of aromatic nitrogens is 2. The van der Waals surface area contributed by atoms with Crippen molar-refractivity contribution in [3.8, 4) is 11.3 Å². The van der Waals surface area contributed by atoms with Gasteiger partial charge in [-0.05, 0) is 18.2 Å². The molecule has 0 spiro atoms. The SMILES string of the molecule is Fc1cc(F)c(C2=Nc3ccc(Cl)cc3-c3n[nH]cc3N2)c(F)c1. The number of nitrogens with one attached hydrogen (secondary N) is 2. The molecule has 0 fully saturated rings. The number of anilines is 1. The molecule has 3 aromatic rings. The van der Waals surface area contributed by atoms with E-state index in [0.29, 0.717) is 39.8 Å². The summed E-state index contributed by atoms with van der Waals surface area (Å²) < 4.78 is 41.4. The first kappa shape index (κ1) is 14.8. The number of amidine groups is 1. The smallest absolute Gasteiger partial charge is 0.144 e. The van der Waals surface area contributed by atoms with Crippen LogP contribution in [0.25, 0.3) is 11.3 Å². The lowest BCUT2D eigenvalue weighted by molar-refractivity contribution is 0.540. The molecule has 120 valence electrons. The van der Waals surface area contributed by atoms with Crippen molar-refractivity contribution in [2.75, 3.05) is 5.32 Å². The highest BCUT2D eigenvalue weighted by Crippen LogP contribution is 2.38. The lowest BCUT2D eigenvalue weighted by Gasteiger charge is -2.09. The largest absolute Gasteiger partial charge is 0.336 e. The molecule has 0 radical (unpaired) electrons. The summed E-state index contributed by atoms with van der Waals surface area (Å²) in [6.07, 6.45) is 1.53. The van der Waals surface area contributed by atoms with Crippen LogP contribution in [0.5, 0.6) is 0 Å². The van der Waals surface area contributed by atoms with Gasteiger partial charge in [-0.25, -0.2) is 18.2 Å². The highest BCUT2D eigenvalue weighted by atomic mass is 35.5. The molecule has 0 unspecified atom stereocenters. The van der Waals surface area contributed by atoms with Gasteiger partial charge in [0.2, 0.25) is 0 Å². The maximum atomic E-state index is 14.1. The van der Waals surface area contributed by atoms with Gasteiger partial charge < -0.3 is 5.32 Å². The number of aromatic amines is 1. The molecule has 0 atom stereocenters. The van der Waals surface area contributed by atoms with Gasteiger partial charge in [-0.2, -0.15) is 5.10 Å². The second-order valence-corrected chi connectivity index (χ2v) is 5.58. The van der Waals surface area contributed by atoms with Crippen LogP contribution in [0.2, 0.25) is 5.02 Å². The Labute approximate surface area is 139 Å². The maximum absolute atomic E-state index is 14.1. The van der Waals surface area contributed by atoms with Gasteiger partial charge in [-0.3, -0.25) is 5.10 Å². The Kier molecular flexibility index (Phi) is 3.31. The number of benzene rings is 2. The Hall–Kier alpha value is -2.80. The molecule has 0 aliphatic carbocycles. The van der Waals surface area contributed by atoms with E-state index in [2.05, 4.69) is 20.5 Å². The van der Waals surface area contributed by atoms with Crippen LogP contribution in [0.1, 0.15) is 5.56 Å². The summed E-state index contributed by atoms with van der Waals surface area (Å²) in [7, 11) is 0. The van der Waals surface area contributed by atoms with Crippen molar-refractivity contribution in [1.29, 1.82) is 0 Å². The highest BCUT2D eigenvalue weighted by molar-refractivity contribution is 6.31. The standard InChI is InChI=1S/C16H8ClF3N4/c17-7-1-2-12-9(3-7)15-13(6-21-24-15)23-16(22-12)14-10(19)4-8(18)5-11(14)20/h1-6H,(H,21,24)(H,22,23). The minimum Gasteiger partial charge on any atom is -0.336 e. The van der Waals surface area contributed by atoms with Crippen molar-refractivity contribution in [2.45, 2.75) is 0 Å². The fraction of sp³-hybridized carbons (Fsp3) is 0. The Morgan fingerprint density at radius 3 is 2.50 bits per heavy atom. The normalized spacial score (nSPS) is 12.8. The molecule has 2 aromatic carbocycles. The molecule has 24 heavy (non-hydrogen) atoms. The third-order valence-electron chi connectivity index (χ3n) is 3.58. The molecular formula is C16H8ClF3N4. The number of nitrogens with zero attached hydrogens (tertiary/aromatic N) is 2. The Bertz CT molecular complexity index is 974. The quantitative estimate of drug-likeness (QED) is 0.672. The average molecular weight is 349 g/mol. The molecular weight excluding hydrogens is 341 g/mol. The monoisotopic (exact) mass is 348 g/mol. The number of fused-ring (bicyclic) bond motifs is 3. The van der Waals surface area contributed by atoms with Gasteiger partial charge in [0.05, 0.1) is 16.9 Å². The summed E-state index contributed by atoms with van der Waals surface area (Å²) in [5, 5.41) is 10.1. The third kappa shape index (κ3) is 2.33. The first-order valence-electron chi connectivity index (χ1n) is 6.87. The molecule has 0 saturated heterocycles. The number of H-pyrrole nitrogens is 1. The van der Waals surface area contributed by atoms with Crippen molar-refractivity contribution in [3.63, 3.8) is 0 Å². The third-order valence-corrected chi connectivity index (χ3v) is 3.82. The van der Waals surface area contributed by atoms with Gasteiger partial charge in [0, 0.05) is 28.9 Å². The molecule has 2 heterocycles. The van der Waals surface area contributed by atoms with E-state index in [9.17, 15) is 13.2 Å². The summed E-state index contributed by atoms with van der Waals surface area (Å²) in [6, 6.07) is 6.08. The molecule has 1 aromatic heterocycles. The zero-order chi connectivity index (χ0) is 16.8. The van der Waals surface area contributed by atoms with Crippen LogP contribution in [0.3, 0.4) is 0 Å². The van der Waals surface area contributed by atoms with Crippen LogP contribution < -0.4 is 5.32 Å². The fourth-order valence-corrected chi connectivity index (χ4v) is 2.72. The number of aliphatic imine (C=N–C) groups is 1. The highest BCUT2D eigenvalue weighted by Gasteiger charge is 2.24. The van der Waals surface area contributed by atoms with Crippen LogP contribution in [0, 0.1) is 17.5 Å². The number of halogens is 4. The Morgan fingerprint density at radius 2 is 1.75 bits per heavy atom. The van der Waals surface area contributed by atoms with Gasteiger partial charge >= 0.3 is 0 Å². The number of rotatable bonds is 1. The zero-order valence-corrected chi connectivity index (χ0v) is 12.6. The van der Waals surface area contributed by atoms with E-state index in [-0.39, 0.29) is 5.84 Å². The van der Waals surface area contributed by atoms with Crippen molar-refractivity contribution in [1.82, 2.24) is 10.2 Å². The van der Waals surface area contributed by atoms with E-state index < -0.39 is 23.0 Å². The molecule has 1 aliphatic heterocycles. The summed E-state index contributed by atoms with van der Waals surface area (Å²) in [4.78, 5) is 4.28. The first-order valence-corrected chi connectivity index (χ1v) is 7.25. The molecule has 8 heteroatoms. The van der Waals surface area contributed by atoms with Crippen molar-refractivity contribution in [2.24, 2.45) is 4.99 Å². The summed E-state index contributed by atoms with van der Waals surface area (Å²) in [5.41, 5.74) is 1.55. The topological polar surface area (TPSA) is 53.1 Å².